The number of aromatic nitrogens is 1. The number of carbonyl (C=O) groups is 1. The zero-order valence-electron chi connectivity index (χ0n) is 19.4. The Hall–Kier alpha value is -3.56. The second-order valence-electron chi connectivity index (χ2n) is 7.73. The Kier molecular flexibility index (Phi) is 7.89. The van der Waals surface area contributed by atoms with Crippen LogP contribution >= 0.6 is 23.1 Å². The van der Waals surface area contributed by atoms with Crippen molar-refractivity contribution in [3.63, 3.8) is 0 Å². The molecule has 0 radical (unpaired) electrons. The number of thioether (sulfide) groups is 1. The van der Waals surface area contributed by atoms with Crippen molar-refractivity contribution in [3.8, 4) is 0 Å². The molecule has 0 aliphatic heterocycles. The second-order valence-corrected chi connectivity index (χ2v) is 9.99. The molecule has 3 aromatic carbocycles. The van der Waals surface area contributed by atoms with Crippen LogP contribution in [0.2, 0.25) is 0 Å². The summed E-state index contributed by atoms with van der Waals surface area (Å²) in [6, 6.07) is 18.1. The number of anilines is 1. The number of hydrogen-bond acceptors (Lipinski definition) is 7. The van der Waals surface area contributed by atoms with Gasteiger partial charge in [-0.15, -0.1) is 11.3 Å². The number of benzene rings is 3. The summed E-state index contributed by atoms with van der Waals surface area (Å²) in [7, 11) is 0. The predicted molar refractivity (Wildman–Crippen MR) is 145 cm³/mol. The zero-order chi connectivity index (χ0) is 24.8. The minimum atomic E-state index is -0.426. The van der Waals surface area contributed by atoms with Crippen LogP contribution in [0.4, 0.5) is 17.1 Å². The summed E-state index contributed by atoms with van der Waals surface area (Å²) in [4.78, 5) is 32.1. The number of para-hydroxylation sites is 1. The van der Waals surface area contributed by atoms with Crippen molar-refractivity contribution in [2.75, 3.05) is 11.1 Å². The normalized spacial score (nSPS) is 11.3. The van der Waals surface area contributed by atoms with Gasteiger partial charge >= 0.3 is 0 Å². The highest BCUT2D eigenvalue weighted by Crippen LogP contribution is 2.32. The Morgan fingerprint density at radius 1 is 1.11 bits per heavy atom. The number of nitrogens with one attached hydrogen (secondary N) is 1. The van der Waals surface area contributed by atoms with Crippen LogP contribution in [0.1, 0.15) is 30.5 Å². The first-order valence-electron chi connectivity index (χ1n) is 11.2. The van der Waals surface area contributed by atoms with Crippen LogP contribution < -0.4 is 5.32 Å². The Balaban J connectivity index is 1.40. The highest BCUT2D eigenvalue weighted by Gasteiger charge is 2.12. The molecule has 4 rings (SSSR count). The maximum absolute atomic E-state index is 12.7. The van der Waals surface area contributed by atoms with E-state index in [0.717, 1.165) is 55.5 Å². The van der Waals surface area contributed by atoms with Crippen LogP contribution in [0.25, 0.3) is 10.2 Å². The Labute approximate surface area is 211 Å². The molecule has 0 fully saturated rings. The monoisotopic (exact) mass is 504 g/mol. The minimum absolute atomic E-state index is 0.0433. The van der Waals surface area contributed by atoms with E-state index in [-0.39, 0.29) is 17.3 Å². The van der Waals surface area contributed by atoms with E-state index in [2.05, 4.69) is 41.3 Å². The van der Waals surface area contributed by atoms with Crippen molar-refractivity contribution < 1.29 is 9.72 Å². The van der Waals surface area contributed by atoms with Gasteiger partial charge in [0.05, 0.1) is 26.6 Å². The van der Waals surface area contributed by atoms with E-state index in [1.54, 1.807) is 18.3 Å². The fourth-order valence-electron chi connectivity index (χ4n) is 3.57. The molecule has 35 heavy (non-hydrogen) atoms. The van der Waals surface area contributed by atoms with Gasteiger partial charge in [0.25, 0.3) is 5.69 Å². The third-order valence-electron chi connectivity index (χ3n) is 5.41. The van der Waals surface area contributed by atoms with Gasteiger partial charge < -0.3 is 5.32 Å². The third-order valence-corrected chi connectivity index (χ3v) is 7.57. The molecule has 0 saturated carbocycles. The molecule has 1 heterocycles. The van der Waals surface area contributed by atoms with Crippen LogP contribution in [0.5, 0.6) is 0 Å². The molecule has 4 aromatic rings. The quantitative estimate of drug-likeness (QED) is 0.117. The molecule has 178 valence electrons. The number of aliphatic imine (C=N–C) groups is 1. The maximum atomic E-state index is 12.7. The minimum Gasteiger partial charge on any atom is -0.325 e. The number of amides is 1. The van der Waals surface area contributed by atoms with Crippen molar-refractivity contribution >= 4 is 62.5 Å². The molecular formula is C26H24N4O3S2. The smallest absolute Gasteiger partial charge is 0.269 e. The number of nitrogens with zero attached hydrogens (tertiary/aromatic N) is 3. The lowest BCUT2D eigenvalue weighted by atomic mass is 10.0. The summed E-state index contributed by atoms with van der Waals surface area (Å²) in [6.07, 6.45) is 3.40. The first-order chi connectivity index (χ1) is 17.0. The molecule has 0 saturated heterocycles. The highest BCUT2D eigenvalue weighted by molar-refractivity contribution is 8.01. The van der Waals surface area contributed by atoms with Gasteiger partial charge in [-0.2, -0.15) is 0 Å². The van der Waals surface area contributed by atoms with Gasteiger partial charge in [-0.3, -0.25) is 19.9 Å². The lowest BCUT2D eigenvalue weighted by Gasteiger charge is -2.14. The molecule has 0 bridgehead atoms. The average Bonchev–Trinajstić information content (AvgIpc) is 3.29. The average molecular weight is 505 g/mol. The summed E-state index contributed by atoms with van der Waals surface area (Å²) < 4.78 is 1.81. The molecule has 0 spiro atoms. The lowest BCUT2D eigenvalue weighted by molar-refractivity contribution is -0.384. The molecule has 1 amide bonds. The number of rotatable bonds is 9. The molecule has 0 aliphatic carbocycles. The molecule has 0 unspecified atom stereocenters. The summed E-state index contributed by atoms with van der Waals surface area (Å²) in [5, 5.41) is 13.9. The van der Waals surface area contributed by atoms with Crippen molar-refractivity contribution in [1.29, 1.82) is 0 Å². The standard InChI is InChI=1S/C26H24N4O3S2/c1-3-18-6-5-7-19(4-2)25(18)29-24(31)16-34-26-28-22-13-10-20(14-23(22)35-26)27-15-17-8-11-21(12-9-17)30(32)33/h5-15H,3-4,16H2,1-2H3,(H,29,31). The summed E-state index contributed by atoms with van der Waals surface area (Å²) in [6.45, 7) is 4.18. The van der Waals surface area contributed by atoms with Crippen molar-refractivity contribution in [1.82, 2.24) is 4.98 Å². The van der Waals surface area contributed by atoms with Crippen molar-refractivity contribution in [2.24, 2.45) is 4.99 Å². The van der Waals surface area contributed by atoms with Crippen molar-refractivity contribution in [3.05, 3.63) is 87.5 Å². The van der Waals surface area contributed by atoms with Gasteiger partial charge in [-0.05, 0) is 59.9 Å². The Bertz CT molecular complexity index is 1380. The summed E-state index contributed by atoms with van der Waals surface area (Å²) >= 11 is 2.95. The molecule has 7 nitrogen and oxygen atoms in total. The number of nitro benzene ring substituents is 1. The fourth-order valence-corrected chi connectivity index (χ4v) is 5.47. The molecule has 1 N–H and O–H groups in total. The molecule has 9 heteroatoms. The van der Waals surface area contributed by atoms with Gasteiger partial charge in [-0.25, -0.2) is 4.98 Å². The van der Waals surface area contributed by atoms with E-state index < -0.39 is 4.92 Å². The number of hydrogen-bond donors (Lipinski definition) is 1. The molecular weight excluding hydrogens is 480 g/mol. The third kappa shape index (κ3) is 6.12. The van der Waals surface area contributed by atoms with Gasteiger partial charge in [0.2, 0.25) is 5.91 Å². The van der Waals surface area contributed by atoms with Gasteiger partial charge in [0.15, 0.2) is 4.34 Å². The molecule has 1 aromatic heterocycles. The van der Waals surface area contributed by atoms with E-state index >= 15 is 0 Å². The Morgan fingerprint density at radius 2 is 1.83 bits per heavy atom. The number of fused-ring (bicyclic) bond motifs is 1. The zero-order valence-corrected chi connectivity index (χ0v) is 21.0. The number of nitro groups is 1. The van der Waals surface area contributed by atoms with Crippen LogP contribution in [0.15, 0.2) is 70.0 Å². The lowest BCUT2D eigenvalue weighted by Crippen LogP contribution is -2.16. The molecule has 0 aliphatic rings. The predicted octanol–water partition coefficient (Wildman–Crippen LogP) is 6.81. The second kappa shape index (κ2) is 11.2. The highest BCUT2D eigenvalue weighted by atomic mass is 32.2. The van der Waals surface area contributed by atoms with E-state index in [1.165, 1.54) is 35.2 Å². The van der Waals surface area contributed by atoms with E-state index in [0.29, 0.717) is 0 Å². The fraction of sp³-hybridized carbons (Fsp3) is 0.192. The first-order valence-corrected chi connectivity index (χ1v) is 13.0. The van der Waals surface area contributed by atoms with Crippen LogP contribution in [-0.4, -0.2) is 27.8 Å². The maximum Gasteiger partial charge on any atom is 0.269 e. The summed E-state index contributed by atoms with van der Waals surface area (Å²) in [5.74, 6) is 0.241. The summed E-state index contributed by atoms with van der Waals surface area (Å²) in [5.41, 5.74) is 5.66. The van der Waals surface area contributed by atoms with E-state index in [1.807, 2.05) is 24.3 Å². The van der Waals surface area contributed by atoms with Gasteiger partial charge in [-0.1, -0.05) is 43.8 Å². The number of aryl methyl sites for hydroxylation is 2. The van der Waals surface area contributed by atoms with Crippen LogP contribution in [0, 0.1) is 10.1 Å². The SMILES string of the molecule is CCc1cccc(CC)c1NC(=O)CSc1nc2ccc(N=Cc3ccc([N+](=O)[O-])cc3)cc2s1. The van der Waals surface area contributed by atoms with Gasteiger partial charge in [0.1, 0.15) is 0 Å². The van der Waals surface area contributed by atoms with Crippen molar-refractivity contribution in [2.45, 2.75) is 31.0 Å². The Morgan fingerprint density at radius 3 is 2.49 bits per heavy atom. The number of carbonyl (C=O) groups excluding carboxylic acids is 1. The topological polar surface area (TPSA) is 97.5 Å². The largest absolute Gasteiger partial charge is 0.325 e. The number of thiazole rings is 1. The van der Waals surface area contributed by atoms with Crippen LogP contribution in [-0.2, 0) is 17.6 Å². The van der Waals surface area contributed by atoms with Gasteiger partial charge in [0, 0.05) is 24.0 Å². The number of non-ortho nitro benzene ring substituents is 1. The first kappa shape index (κ1) is 24.6. The van der Waals surface area contributed by atoms with E-state index in [4.69, 9.17) is 0 Å². The van der Waals surface area contributed by atoms with Crippen LogP contribution in [0.3, 0.4) is 0 Å². The molecule has 0 atom stereocenters. The van der Waals surface area contributed by atoms with E-state index in [9.17, 15) is 14.9 Å².